The highest BCUT2D eigenvalue weighted by Gasteiger charge is 2.57. The summed E-state index contributed by atoms with van der Waals surface area (Å²) in [4.78, 5) is 24.1. The number of primary amides is 1. The topological polar surface area (TPSA) is 81.4 Å². The van der Waals surface area contributed by atoms with Crippen molar-refractivity contribution in [2.75, 3.05) is 6.61 Å². The number of carbonyl (C=O) groups is 2. The first kappa shape index (κ1) is 15.5. The quantitative estimate of drug-likeness (QED) is 0.873. The zero-order chi connectivity index (χ0) is 15.7. The van der Waals surface area contributed by atoms with Crippen molar-refractivity contribution in [2.24, 2.45) is 11.1 Å². The van der Waals surface area contributed by atoms with Crippen LogP contribution < -0.4 is 11.1 Å². The van der Waals surface area contributed by atoms with Crippen LogP contribution in [0.2, 0.25) is 0 Å². The van der Waals surface area contributed by atoms with Crippen LogP contribution in [0.1, 0.15) is 59.1 Å². The summed E-state index contributed by atoms with van der Waals surface area (Å²) in [6.45, 7) is 2.74. The molecule has 2 amide bonds. The molecule has 1 aromatic heterocycles. The minimum atomic E-state index is -0.498. The van der Waals surface area contributed by atoms with Crippen molar-refractivity contribution in [2.45, 2.75) is 51.2 Å². The van der Waals surface area contributed by atoms with Crippen molar-refractivity contribution in [3.05, 3.63) is 21.9 Å². The molecule has 1 heterocycles. The summed E-state index contributed by atoms with van der Waals surface area (Å²) in [5.41, 5.74) is 5.75. The van der Waals surface area contributed by atoms with Gasteiger partial charge in [0.1, 0.15) is 0 Å². The molecular formula is C16H22N2O3S. The first-order valence-electron chi connectivity index (χ1n) is 7.87. The molecule has 120 valence electrons. The number of hydrogen-bond donors (Lipinski definition) is 2. The van der Waals surface area contributed by atoms with Crippen LogP contribution in [0.4, 0.5) is 0 Å². The van der Waals surface area contributed by atoms with Gasteiger partial charge in [0.25, 0.3) is 5.91 Å². The lowest BCUT2D eigenvalue weighted by Crippen LogP contribution is -2.63. The van der Waals surface area contributed by atoms with Crippen LogP contribution in [0.5, 0.6) is 0 Å². The number of nitrogens with one attached hydrogen (secondary N) is 1. The third-order valence-corrected chi connectivity index (χ3v) is 6.03. The molecule has 1 spiro atoms. The Kier molecular flexibility index (Phi) is 4.23. The molecular weight excluding hydrogens is 300 g/mol. The Labute approximate surface area is 134 Å². The Morgan fingerprint density at radius 2 is 2.18 bits per heavy atom. The third-order valence-electron chi connectivity index (χ3n) is 5.10. The highest BCUT2D eigenvalue weighted by atomic mass is 32.1. The molecule has 1 aromatic rings. The van der Waals surface area contributed by atoms with E-state index in [-0.39, 0.29) is 23.5 Å². The zero-order valence-corrected chi connectivity index (χ0v) is 13.6. The Balaban J connectivity index is 1.67. The molecule has 0 bridgehead atoms. The maximum Gasteiger partial charge on any atom is 0.261 e. The summed E-state index contributed by atoms with van der Waals surface area (Å²) in [6.07, 6.45) is 5.82. The number of hydrogen-bond acceptors (Lipinski definition) is 4. The smallest absolute Gasteiger partial charge is 0.261 e. The van der Waals surface area contributed by atoms with E-state index < -0.39 is 5.91 Å². The molecule has 0 saturated heterocycles. The predicted molar refractivity (Wildman–Crippen MR) is 85.0 cm³/mol. The van der Waals surface area contributed by atoms with Gasteiger partial charge in [-0.2, -0.15) is 0 Å². The molecule has 2 fully saturated rings. The van der Waals surface area contributed by atoms with Crippen molar-refractivity contribution in [1.29, 1.82) is 0 Å². The van der Waals surface area contributed by atoms with Crippen molar-refractivity contribution < 1.29 is 14.3 Å². The standard InChI is InChI=1S/C16H22N2O3S/c1-2-21-13-8-12(16(13)5-3-4-6-16)18-15(20)11-7-10(9-22-11)14(17)19/h7,9,12-13H,2-6,8H2,1H3,(H2,17,19)(H,18,20)/t12-,13+/m1/s1. The van der Waals surface area contributed by atoms with E-state index in [2.05, 4.69) is 5.32 Å². The van der Waals surface area contributed by atoms with E-state index >= 15 is 0 Å². The van der Waals surface area contributed by atoms with Crippen LogP contribution in [0, 0.1) is 5.41 Å². The van der Waals surface area contributed by atoms with Gasteiger partial charge in [-0.1, -0.05) is 12.8 Å². The van der Waals surface area contributed by atoms with Gasteiger partial charge in [-0.3, -0.25) is 9.59 Å². The van der Waals surface area contributed by atoms with Gasteiger partial charge < -0.3 is 15.8 Å². The number of nitrogens with two attached hydrogens (primary N) is 1. The fourth-order valence-electron chi connectivity index (χ4n) is 3.90. The number of thiophene rings is 1. The lowest BCUT2D eigenvalue weighted by atomic mass is 9.60. The maximum atomic E-state index is 12.4. The van der Waals surface area contributed by atoms with Crippen molar-refractivity contribution >= 4 is 23.2 Å². The van der Waals surface area contributed by atoms with Gasteiger partial charge in [0.15, 0.2) is 0 Å². The van der Waals surface area contributed by atoms with Gasteiger partial charge in [-0.05, 0) is 32.3 Å². The SMILES string of the molecule is CCO[C@H]1C[C@@H](NC(=O)c2cc(C(N)=O)cs2)C12CCCC2. The van der Waals surface area contributed by atoms with E-state index in [1.54, 1.807) is 11.4 Å². The molecule has 0 unspecified atom stereocenters. The molecule has 0 radical (unpaired) electrons. The second-order valence-electron chi connectivity index (χ2n) is 6.21. The van der Waals surface area contributed by atoms with Crippen molar-refractivity contribution in [1.82, 2.24) is 5.32 Å². The van der Waals surface area contributed by atoms with E-state index in [9.17, 15) is 9.59 Å². The summed E-state index contributed by atoms with van der Waals surface area (Å²) in [6, 6.07) is 1.75. The second kappa shape index (κ2) is 6.01. The lowest BCUT2D eigenvalue weighted by molar-refractivity contribution is -0.127. The first-order valence-corrected chi connectivity index (χ1v) is 8.75. The lowest BCUT2D eigenvalue weighted by Gasteiger charge is -2.54. The molecule has 3 N–H and O–H groups in total. The highest BCUT2D eigenvalue weighted by Crippen LogP contribution is 2.54. The first-order chi connectivity index (χ1) is 10.6. The summed E-state index contributed by atoms with van der Waals surface area (Å²) < 4.78 is 5.86. The largest absolute Gasteiger partial charge is 0.378 e. The fraction of sp³-hybridized carbons (Fsp3) is 0.625. The van der Waals surface area contributed by atoms with Crippen LogP contribution in [0.15, 0.2) is 11.4 Å². The van der Waals surface area contributed by atoms with E-state index in [1.807, 2.05) is 6.92 Å². The van der Waals surface area contributed by atoms with Crippen LogP contribution in [0.3, 0.4) is 0 Å². The van der Waals surface area contributed by atoms with Crippen LogP contribution >= 0.6 is 11.3 Å². The average molecular weight is 322 g/mol. The molecule has 5 nitrogen and oxygen atoms in total. The molecule has 2 atom stereocenters. The van der Waals surface area contributed by atoms with Crippen LogP contribution in [0.25, 0.3) is 0 Å². The second-order valence-corrected chi connectivity index (χ2v) is 7.12. The Morgan fingerprint density at radius 1 is 1.45 bits per heavy atom. The van der Waals surface area contributed by atoms with Crippen molar-refractivity contribution in [3.63, 3.8) is 0 Å². The molecule has 2 saturated carbocycles. The molecule has 6 heteroatoms. The van der Waals surface area contributed by atoms with E-state index in [4.69, 9.17) is 10.5 Å². The van der Waals surface area contributed by atoms with Crippen LogP contribution in [-0.2, 0) is 4.74 Å². The highest BCUT2D eigenvalue weighted by molar-refractivity contribution is 7.12. The molecule has 2 aliphatic carbocycles. The van der Waals surface area contributed by atoms with E-state index in [1.165, 1.54) is 24.2 Å². The number of ether oxygens (including phenoxy) is 1. The number of carbonyl (C=O) groups excluding carboxylic acids is 2. The Hall–Kier alpha value is -1.40. The minimum Gasteiger partial charge on any atom is -0.378 e. The van der Waals surface area contributed by atoms with Gasteiger partial charge in [-0.25, -0.2) is 0 Å². The summed E-state index contributed by atoms with van der Waals surface area (Å²) >= 11 is 1.26. The third kappa shape index (κ3) is 2.54. The predicted octanol–water partition coefficient (Wildman–Crippen LogP) is 2.31. The van der Waals surface area contributed by atoms with E-state index in [0.29, 0.717) is 10.4 Å². The van der Waals surface area contributed by atoms with Gasteiger partial charge in [0.05, 0.1) is 16.5 Å². The summed E-state index contributed by atoms with van der Waals surface area (Å²) in [7, 11) is 0. The minimum absolute atomic E-state index is 0.108. The Morgan fingerprint density at radius 3 is 2.77 bits per heavy atom. The maximum absolute atomic E-state index is 12.4. The van der Waals surface area contributed by atoms with Crippen molar-refractivity contribution in [3.8, 4) is 0 Å². The monoisotopic (exact) mass is 322 g/mol. The Bertz CT molecular complexity index is 578. The molecule has 22 heavy (non-hydrogen) atoms. The van der Waals surface area contributed by atoms with E-state index in [0.717, 1.165) is 25.9 Å². The normalized spacial score (nSPS) is 25.9. The van der Waals surface area contributed by atoms with Gasteiger partial charge in [-0.15, -0.1) is 11.3 Å². The molecule has 0 aliphatic heterocycles. The fourth-order valence-corrected chi connectivity index (χ4v) is 4.70. The van der Waals surface area contributed by atoms with Gasteiger partial charge in [0, 0.05) is 23.4 Å². The van der Waals surface area contributed by atoms with Crippen LogP contribution in [-0.4, -0.2) is 30.6 Å². The molecule has 3 rings (SSSR count). The molecule has 0 aromatic carbocycles. The van der Waals surface area contributed by atoms with Gasteiger partial charge >= 0.3 is 0 Å². The van der Waals surface area contributed by atoms with Gasteiger partial charge in [0.2, 0.25) is 5.91 Å². The zero-order valence-electron chi connectivity index (χ0n) is 12.8. The number of amides is 2. The summed E-state index contributed by atoms with van der Waals surface area (Å²) in [5, 5.41) is 4.78. The average Bonchev–Trinajstić information content (AvgIpc) is 3.16. The number of rotatable bonds is 5. The molecule has 2 aliphatic rings. The summed E-state index contributed by atoms with van der Waals surface area (Å²) in [5.74, 6) is -0.605.